The highest BCUT2D eigenvalue weighted by Gasteiger charge is 2.37. The first-order chi connectivity index (χ1) is 11.9. The van der Waals surface area contributed by atoms with E-state index in [0.29, 0.717) is 45.7 Å². The molecule has 25 heavy (non-hydrogen) atoms. The second-order valence-corrected chi connectivity index (χ2v) is 9.29. The summed E-state index contributed by atoms with van der Waals surface area (Å²) in [4.78, 5) is 14.2. The van der Waals surface area contributed by atoms with Crippen molar-refractivity contribution >= 4 is 16.1 Å². The number of nitrogens with one attached hydrogen (secondary N) is 1. The Balaban J connectivity index is 1.53. The zero-order chi connectivity index (χ0) is 18.0. The third-order valence-electron chi connectivity index (χ3n) is 5.21. The molecule has 0 bridgehead atoms. The average molecular weight is 375 g/mol. The zero-order valence-corrected chi connectivity index (χ0v) is 16.0. The normalized spacial score (nSPS) is 32.9. The first-order valence-corrected chi connectivity index (χ1v) is 10.7. The number of rotatable bonds is 4. The van der Waals surface area contributed by atoms with E-state index in [1.165, 1.54) is 8.61 Å². The van der Waals surface area contributed by atoms with Crippen LogP contribution in [0.4, 0.5) is 0 Å². The Morgan fingerprint density at radius 1 is 1.08 bits per heavy atom. The van der Waals surface area contributed by atoms with Gasteiger partial charge in [0.05, 0.1) is 12.2 Å². The van der Waals surface area contributed by atoms with Crippen LogP contribution in [0.3, 0.4) is 0 Å². The van der Waals surface area contributed by atoms with E-state index < -0.39 is 10.2 Å². The van der Waals surface area contributed by atoms with E-state index in [4.69, 9.17) is 4.74 Å². The topological polar surface area (TPSA) is 82.2 Å². The molecule has 3 aliphatic rings. The van der Waals surface area contributed by atoms with Gasteiger partial charge in [-0.2, -0.15) is 17.0 Å². The van der Waals surface area contributed by atoms with Crippen LogP contribution in [0, 0.1) is 0 Å². The molecule has 0 aromatic rings. The molecule has 1 amide bonds. The van der Waals surface area contributed by atoms with Gasteiger partial charge in [0.25, 0.3) is 10.2 Å². The van der Waals surface area contributed by atoms with Crippen LogP contribution in [0.15, 0.2) is 0 Å². The zero-order valence-electron chi connectivity index (χ0n) is 15.2. The molecule has 0 spiro atoms. The predicted octanol–water partition coefficient (Wildman–Crippen LogP) is -0.373. The lowest BCUT2D eigenvalue weighted by atomic mass is 10.1. The number of hydrogen-bond acceptors (Lipinski definition) is 5. The highest BCUT2D eigenvalue weighted by Crippen LogP contribution is 2.19. The number of carbonyl (C=O) groups is 1. The van der Waals surface area contributed by atoms with E-state index in [0.717, 1.165) is 19.4 Å². The van der Waals surface area contributed by atoms with Gasteiger partial charge in [-0.1, -0.05) is 0 Å². The van der Waals surface area contributed by atoms with Crippen LogP contribution in [0.25, 0.3) is 0 Å². The van der Waals surface area contributed by atoms with Crippen LogP contribution in [-0.2, 0) is 19.7 Å². The summed E-state index contributed by atoms with van der Waals surface area (Å²) in [5.74, 6) is 0.130. The van der Waals surface area contributed by atoms with Crippen LogP contribution in [0.2, 0.25) is 0 Å². The molecule has 3 saturated heterocycles. The van der Waals surface area contributed by atoms with Gasteiger partial charge < -0.3 is 15.0 Å². The molecule has 0 radical (unpaired) electrons. The molecular formula is C16H30N4O4S. The van der Waals surface area contributed by atoms with Crippen LogP contribution >= 0.6 is 0 Å². The van der Waals surface area contributed by atoms with Gasteiger partial charge >= 0.3 is 0 Å². The highest BCUT2D eigenvalue weighted by atomic mass is 32.2. The van der Waals surface area contributed by atoms with E-state index in [1.807, 2.05) is 13.8 Å². The van der Waals surface area contributed by atoms with Crippen molar-refractivity contribution in [2.24, 2.45) is 0 Å². The van der Waals surface area contributed by atoms with E-state index in [9.17, 15) is 13.2 Å². The Bertz CT molecular complexity index is 561. The van der Waals surface area contributed by atoms with Gasteiger partial charge in [-0.15, -0.1) is 0 Å². The first kappa shape index (κ1) is 19.0. The van der Waals surface area contributed by atoms with Crippen LogP contribution in [-0.4, -0.2) is 91.9 Å². The van der Waals surface area contributed by atoms with Gasteiger partial charge in [-0.25, -0.2) is 0 Å². The van der Waals surface area contributed by atoms with Crippen molar-refractivity contribution in [1.29, 1.82) is 0 Å². The molecular weight excluding hydrogens is 344 g/mol. The number of hydrogen-bond donors (Lipinski definition) is 1. The maximum absolute atomic E-state index is 12.9. The van der Waals surface area contributed by atoms with E-state index in [1.54, 1.807) is 4.90 Å². The minimum atomic E-state index is -3.49. The minimum Gasteiger partial charge on any atom is -0.373 e. The number of amides is 1. The fourth-order valence-electron chi connectivity index (χ4n) is 3.92. The van der Waals surface area contributed by atoms with Crippen molar-refractivity contribution in [2.75, 3.05) is 45.8 Å². The van der Waals surface area contributed by atoms with Crippen molar-refractivity contribution in [3.05, 3.63) is 0 Å². The van der Waals surface area contributed by atoms with Crippen molar-refractivity contribution in [3.8, 4) is 0 Å². The minimum absolute atomic E-state index is 0.0969. The first-order valence-electron chi connectivity index (χ1n) is 9.28. The van der Waals surface area contributed by atoms with Gasteiger partial charge in [0.2, 0.25) is 5.91 Å². The molecule has 3 rings (SSSR count). The molecule has 0 aromatic heterocycles. The maximum atomic E-state index is 12.9. The molecule has 8 nitrogen and oxygen atoms in total. The Labute approximate surface area is 150 Å². The second kappa shape index (κ2) is 7.87. The fraction of sp³-hybridized carbons (Fsp3) is 0.938. The van der Waals surface area contributed by atoms with Gasteiger partial charge in [-0.05, 0) is 33.2 Å². The SMILES string of the molecule is CC1CN(S(=O)(=O)N2CCN(C(=O)CC3CCCN3)CC2)CC(C)O1. The smallest absolute Gasteiger partial charge is 0.282 e. The number of morpholine rings is 1. The highest BCUT2D eigenvalue weighted by molar-refractivity contribution is 7.86. The van der Waals surface area contributed by atoms with Crippen LogP contribution in [0.5, 0.6) is 0 Å². The molecule has 3 aliphatic heterocycles. The third kappa shape index (κ3) is 4.51. The summed E-state index contributed by atoms with van der Waals surface area (Å²) in [6.07, 6.45) is 2.50. The summed E-state index contributed by atoms with van der Waals surface area (Å²) >= 11 is 0. The summed E-state index contributed by atoms with van der Waals surface area (Å²) in [6.45, 7) is 7.23. The maximum Gasteiger partial charge on any atom is 0.282 e. The van der Waals surface area contributed by atoms with Crippen molar-refractivity contribution in [1.82, 2.24) is 18.8 Å². The Morgan fingerprint density at radius 3 is 2.28 bits per heavy atom. The lowest BCUT2D eigenvalue weighted by Crippen LogP contribution is -2.57. The molecule has 3 heterocycles. The summed E-state index contributed by atoms with van der Waals surface area (Å²) < 4.78 is 34.4. The Kier molecular flexibility index (Phi) is 5.99. The molecule has 3 unspecified atom stereocenters. The fourth-order valence-corrected chi connectivity index (χ4v) is 5.67. The van der Waals surface area contributed by atoms with Gasteiger partial charge in [-0.3, -0.25) is 4.79 Å². The van der Waals surface area contributed by atoms with Crippen molar-refractivity contribution in [2.45, 2.75) is 51.4 Å². The number of carbonyl (C=O) groups excluding carboxylic acids is 1. The second-order valence-electron chi connectivity index (χ2n) is 7.36. The quantitative estimate of drug-likeness (QED) is 0.726. The largest absolute Gasteiger partial charge is 0.373 e. The molecule has 9 heteroatoms. The van der Waals surface area contributed by atoms with Crippen molar-refractivity contribution < 1.29 is 17.9 Å². The van der Waals surface area contributed by atoms with Crippen LogP contribution < -0.4 is 5.32 Å². The summed E-state index contributed by atoms with van der Waals surface area (Å²) in [7, 11) is -3.49. The summed E-state index contributed by atoms with van der Waals surface area (Å²) in [5, 5.41) is 3.34. The lowest BCUT2D eigenvalue weighted by Gasteiger charge is -2.40. The number of piperazine rings is 1. The molecule has 144 valence electrons. The van der Waals surface area contributed by atoms with Gasteiger partial charge in [0.1, 0.15) is 0 Å². The lowest BCUT2D eigenvalue weighted by molar-refractivity contribution is -0.132. The Morgan fingerprint density at radius 2 is 1.72 bits per heavy atom. The molecule has 0 saturated carbocycles. The summed E-state index contributed by atoms with van der Waals surface area (Å²) in [5.41, 5.74) is 0. The van der Waals surface area contributed by atoms with E-state index in [2.05, 4.69) is 5.32 Å². The molecule has 0 aliphatic carbocycles. The monoisotopic (exact) mass is 374 g/mol. The van der Waals surface area contributed by atoms with Crippen molar-refractivity contribution in [3.63, 3.8) is 0 Å². The predicted molar refractivity (Wildman–Crippen MR) is 94.3 cm³/mol. The third-order valence-corrected chi connectivity index (χ3v) is 7.18. The van der Waals surface area contributed by atoms with E-state index in [-0.39, 0.29) is 24.2 Å². The van der Waals surface area contributed by atoms with Crippen LogP contribution in [0.1, 0.15) is 33.1 Å². The summed E-state index contributed by atoms with van der Waals surface area (Å²) in [6, 6.07) is 0.283. The molecule has 1 N–H and O–H groups in total. The average Bonchev–Trinajstić information content (AvgIpc) is 3.07. The Hall–Kier alpha value is -0.740. The van der Waals surface area contributed by atoms with Gasteiger partial charge in [0, 0.05) is 51.7 Å². The van der Waals surface area contributed by atoms with E-state index >= 15 is 0 Å². The molecule has 3 fully saturated rings. The molecule has 0 aromatic carbocycles. The number of ether oxygens (including phenoxy) is 1. The standard InChI is InChI=1S/C16H30N4O4S/c1-13-11-20(12-14(2)24-13)25(22,23)19-8-6-18(7-9-19)16(21)10-15-4-3-5-17-15/h13-15,17H,3-12H2,1-2H3. The van der Waals surface area contributed by atoms with Gasteiger partial charge in [0.15, 0.2) is 0 Å². The molecule has 3 atom stereocenters. The number of nitrogens with zero attached hydrogens (tertiary/aromatic N) is 3.